The van der Waals surface area contributed by atoms with Crippen LogP contribution in [0.1, 0.15) is 43.4 Å². The first kappa shape index (κ1) is 12.0. The number of rotatable bonds is 4. The average molecular weight is 235 g/mol. The van der Waals surface area contributed by atoms with Crippen molar-refractivity contribution in [1.29, 1.82) is 0 Å². The normalized spacial score (nSPS) is 22.2. The molecule has 1 nitrogen and oxygen atoms in total. The van der Waals surface area contributed by atoms with Crippen LogP contribution in [0.3, 0.4) is 0 Å². The van der Waals surface area contributed by atoms with Crippen molar-refractivity contribution in [2.45, 2.75) is 43.9 Å². The van der Waals surface area contributed by atoms with Gasteiger partial charge in [0.25, 0.3) is 0 Å². The molecule has 1 aliphatic rings. The van der Waals surface area contributed by atoms with Crippen LogP contribution in [0.15, 0.2) is 24.3 Å². The number of thioether (sulfide) groups is 1. The summed E-state index contributed by atoms with van der Waals surface area (Å²) in [5.41, 5.74) is 9.04. The fraction of sp³-hybridized carbons (Fsp3) is 0.571. The SMILES string of the molecule is CCCc1ccc(C(N)C2CCCS2)cc1. The second-order valence-electron chi connectivity index (χ2n) is 4.57. The fourth-order valence-electron chi connectivity index (χ4n) is 2.30. The monoisotopic (exact) mass is 235 g/mol. The number of hydrogen-bond donors (Lipinski definition) is 1. The Morgan fingerprint density at radius 1 is 1.38 bits per heavy atom. The van der Waals surface area contributed by atoms with Crippen LogP contribution in [0.25, 0.3) is 0 Å². The lowest BCUT2D eigenvalue weighted by Crippen LogP contribution is -2.21. The predicted octanol–water partition coefficient (Wildman–Crippen LogP) is 3.53. The van der Waals surface area contributed by atoms with Gasteiger partial charge in [0.15, 0.2) is 0 Å². The summed E-state index contributed by atoms with van der Waals surface area (Å²) in [6.07, 6.45) is 5.00. The highest BCUT2D eigenvalue weighted by molar-refractivity contribution is 8.00. The molecule has 0 aliphatic carbocycles. The second kappa shape index (κ2) is 5.74. The van der Waals surface area contributed by atoms with Gasteiger partial charge in [0.2, 0.25) is 0 Å². The molecule has 2 N–H and O–H groups in total. The van der Waals surface area contributed by atoms with Gasteiger partial charge in [0.05, 0.1) is 0 Å². The lowest BCUT2D eigenvalue weighted by atomic mass is 9.99. The molecule has 2 unspecified atom stereocenters. The topological polar surface area (TPSA) is 26.0 Å². The Balaban J connectivity index is 2.02. The molecular formula is C14H21NS. The molecule has 2 heteroatoms. The maximum Gasteiger partial charge on any atom is 0.0415 e. The summed E-state index contributed by atoms with van der Waals surface area (Å²) in [7, 11) is 0. The van der Waals surface area contributed by atoms with Gasteiger partial charge in [-0.2, -0.15) is 11.8 Å². The van der Waals surface area contributed by atoms with Gasteiger partial charge >= 0.3 is 0 Å². The maximum absolute atomic E-state index is 6.30. The van der Waals surface area contributed by atoms with Crippen LogP contribution in [0.4, 0.5) is 0 Å². The van der Waals surface area contributed by atoms with Crippen LogP contribution >= 0.6 is 11.8 Å². The molecule has 0 spiro atoms. The quantitative estimate of drug-likeness (QED) is 0.864. The Morgan fingerprint density at radius 2 is 2.12 bits per heavy atom. The predicted molar refractivity (Wildman–Crippen MR) is 72.8 cm³/mol. The van der Waals surface area contributed by atoms with Crippen LogP contribution in [-0.4, -0.2) is 11.0 Å². The van der Waals surface area contributed by atoms with Crippen molar-refractivity contribution in [2.24, 2.45) is 5.73 Å². The fourth-order valence-corrected chi connectivity index (χ4v) is 3.63. The highest BCUT2D eigenvalue weighted by Crippen LogP contribution is 2.34. The van der Waals surface area contributed by atoms with Gasteiger partial charge in [-0.05, 0) is 36.1 Å². The van der Waals surface area contributed by atoms with Crippen LogP contribution < -0.4 is 5.73 Å². The summed E-state index contributed by atoms with van der Waals surface area (Å²) < 4.78 is 0. The van der Waals surface area contributed by atoms with Gasteiger partial charge in [-0.25, -0.2) is 0 Å². The molecule has 1 aliphatic heterocycles. The van der Waals surface area contributed by atoms with E-state index in [0.717, 1.165) is 0 Å². The first-order chi connectivity index (χ1) is 7.81. The molecule has 1 saturated heterocycles. The molecule has 2 rings (SSSR count). The van der Waals surface area contributed by atoms with E-state index < -0.39 is 0 Å². The van der Waals surface area contributed by atoms with E-state index in [2.05, 4.69) is 31.2 Å². The molecule has 0 amide bonds. The minimum Gasteiger partial charge on any atom is -0.323 e. The number of nitrogens with two attached hydrogens (primary N) is 1. The molecule has 0 bridgehead atoms. The van der Waals surface area contributed by atoms with Crippen molar-refractivity contribution in [2.75, 3.05) is 5.75 Å². The van der Waals surface area contributed by atoms with Crippen molar-refractivity contribution in [3.05, 3.63) is 35.4 Å². The van der Waals surface area contributed by atoms with E-state index >= 15 is 0 Å². The van der Waals surface area contributed by atoms with Gasteiger partial charge in [-0.15, -0.1) is 0 Å². The smallest absolute Gasteiger partial charge is 0.0415 e. The average Bonchev–Trinajstić information content (AvgIpc) is 2.83. The Hall–Kier alpha value is -0.470. The second-order valence-corrected chi connectivity index (χ2v) is 5.92. The summed E-state index contributed by atoms with van der Waals surface area (Å²) in [4.78, 5) is 0. The van der Waals surface area contributed by atoms with Gasteiger partial charge < -0.3 is 5.73 Å². The molecule has 16 heavy (non-hydrogen) atoms. The zero-order valence-corrected chi connectivity index (χ0v) is 10.8. The molecule has 1 heterocycles. The van der Waals surface area contributed by atoms with Gasteiger partial charge in [-0.1, -0.05) is 37.6 Å². The summed E-state index contributed by atoms with van der Waals surface area (Å²) in [5.74, 6) is 1.28. The van der Waals surface area contributed by atoms with Gasteiger partial charge in [0.1, 0.15) is 0 Å². The highest BCUT2D eigenvalue weighted by Gasteiger charge is 2.23. The van der Waals surface area contributed by atoms with E-state index in [1.54, 1.807) is 0 Å². The lowest BCUT2D eigenvalue weighted by molar-refractivity contribution is 0.645. The summed E-state index contributed by atoms with van der Waals surface area (Å²) in [5, 5.41) is 0.636. The van der Waals surface area contributed by atoms with E-state index in [1.807, 2.05) is 11.8 Å². The van der Waals surface area contributed by atoms with Crippen molar-refractivity contribution in [3.63, 3.8) is 0 Å². The molecule has 88 valence electrons. The van der Waals surface area contributed by atoms with Gasteiger partial charge in [0, 0.05) is 11.3 Å². The Bertz CT molecular complexity index is 314. The third-order valence-corrected chi connectivity index (χ3v) is 4.75. The van der Waals surface area contributed by atoms with E-state index in [9.17, 15) is 0 Å². The van der Waals surface area contributed by atoms with Crippen molar-refractivity contribution in [3.8, 4) is 0 Å². The minimum absolute atomic E-state index is 0.225. The molecule has 0 radical (unpaired) electrons. The number of aryl methyl sites for hydroxylation is 1. The molecule has 1 aromatic carbocycles. The molecule has 0 aromatic heterocycles. The Morgan fingerprint density at radius 3 is 2.69 bits per heavy atom. The molecule has 0 saturated carbocycles. The largest absolute Gasteiger partial charge is 0.323 e. The number of hydrogen-bond acceptors (Lipinski definition) is 2. The van der Waals surface area contributed by atoms with Crippen LogP contribution in [0, 0.1) is 0 Å². The van der Waals surface area contributed by atoms with E-state index in [-0.39, 0.29) is 6.04 Å². The molecule has 2 atom stereocenters. The summed E-state index contributed by atoms with van der Waals surface area (Å²) >= 11 is 2.03. The van der Waals surface area contributed by atoms with Crippen LogP contribution in [-0.2, 0) is 6.42 Å². The molecular weight excluding hydrogens is 214 g/mol. The Kier molecular flexibility index (Phi) is 4.30. The third kappa shape index (κ3) is 2.80. The summed E-state index contributed by atoms with van der Waals surface area (Å²) in [6, 6.07) is 9.13. The summed E-state index contributed by atoms with van der Waals surface area (Å²) in [6.45, 7) is 2.22. The van der Waals surface area contributed by atoms with Crippen LogP contribution in [0.5, 0.6) is 0 Å². The maximum atomic E-state index is 6.30. The lowest BCUT2D eigenvalue weighted by Gasteiger charge is -2.18. The van der Waals surface area contributed by atoms with E-state index in [4.69, 9.17) is 5.73 Å². The van der Waals surface area contributed by atoms with Crippen molar-refractivity contribution in [1.82, 2.24) is 0 Å². The number of benzene rings is 1. The van der Waals surface area contributed by atoms with Crippen LogP contribution in [0.2, 0.25) is 0 Å². The first-order valence-electron chi connectivity index (χ1n) is 6.27. The third-order valence-electron chi connectivity index (χ3n) is 3.27. The molecule has 1 aromatic rings. The zero-order valence-electron chi connectivity index (χ0n) is 9.99. The van der Waals surface area contributed by atoms with Crippen molar-refractivity contribution < 1.29 is 0 Å². The Labute approximate surface area is 103 Å². The van der Waals surface area contributed by atoms with E-state index in [1.165, 1.54) is 42.6 Å². The standard InChI is InChI=1S/C14H21NS/c1-2-4-11-6-8-12(9-7-11)14(15)13-5-3-10-16-13/h6-9,13-14H,2-5,10,15H2,1H3. The minimum atomic E-state index is 0.225. The first-order valence-corrected chi connectivity index (χ1v) is 7.32. The van der Waals surface area contributed by atoms with Crippen molar-refractivity contribution >= 4 is 11.8 Å². The van der Waals surface area contributed by atoms with Gasteiger partial charge in [-0.3, -0.25) is 0 Å². The van der Waals surface area contributed by atoms with E-state index in [0.29, 0.717) is 5.25 Å². The highest BCUT2D eigenvalue weighted by atomic mass is 32.2. The zero-order chi connectivity index (χ0) is 11.4. The molecule has 1 fully saturated rings.